The van der Waals surface area contributed by atoms with Crippen LogP contribution in [0, 0.1) is 0 Å². The van der Waals surface area contributed by atoms with E-state index < -0.39 is 10.8 Å². The molecule has 128 valence electrons. The Morgan fingerprint density at radius 3 is 2.56 bits per heavy atom. The number of hydrogen-bond acceptors (Lipinski definition) is 5. The average molecular weight is 371 g/mol. The number of carbonyl (C=O) groups excluding carboxylic acids is 1. The summed E-state index contributed by atoms with van der Waals surface area (Å²) in [4.78, 5) is 17.3. The van der Waals surface area contributed by atoms with Crippen LogP contribution in [0.3, 0.4) is 0 Å². The fourth-order valence-corrected chi connectivity index (χ4v) is 4.21. The number of thiazole rings is 1. The molecule has 3 rings (SSSR count). The standard InChI is InChI=1S/C18H17N3O2S2/c1-11(22)21-14-7-8-15(17(9-14)25(2)23)16-10-20-18(24-16)12-3-5-13(19)6-4-12/h3-10H,19H2,1-2H3,(H,21,22). The van der Waals surface area contributed by atoms with E-state index in [4.69, 9.17) is 5.73 Å². The van der Waals surface area contributed by atoms with Gasteiger partial charge in [0.25, 0.3) is 0 Å². The second kappa shape index (κ2) is 7.16. The van der Waals surface area contributed by atoms with E-state index in [9.17, 15) is 9.00 Å². The third kappa shape index (κ3) is 3.94. The number of benzene rings is 2. The number of nitrogens with zero attached hydrogens (tertiary/aromatic N) is 1. The third-order valence-corrected chi connectivity index (χ3v) is 5.58. The van der Waals surface area contributed by atoms with Gasteiger partial charge < -0.3 is 11.1 Å². The predicted molar refractivity (Wildman–Crippen MR) is 104 cm³/mol. The van der Waals surface area contributed by atoms with Crippen LogP contribution in [-0.4, -0.2) is 21.4 Å². The van der Waals surface area contributed by atoms with Crippen LogP contribution in [-0.2, 0) is 15.6 Å². The number of anilines is 2. The van der Waals surface area contributed by atoms with Crippen LogP contribution in [0.25, 0.3) is 21.0 Å². The number of nitrogens with one attached hydrogen (secondary N) is 1. The van der Waals surface area contributed by atoms with Gasteiger partial charge in [-0.3, -0.25) is 9.00 Å². The summed E-state index contributed by atoms with van der Waals surface area (Å²) >= 11 is 1.52. The topological polar surface area (TPSA) is 85.1 Å². The van der Waals surface area contributed by atoms with Crippen molar-refractivity contribution >= 4 is 39.4 Å². The van der Waals surface area contributed by atoms with Crippen molar-refractivity contribution in [3.05, 3.63) is 48.7 Å². The second-order valence-corrected chi connectivity index (χ2v) is 7.88. The van der Waals surface area contributed by atoms with Gasteiger partial charge in [-0.15, -0.1) is 11.3 Å². The molecule has 0 aliphatic rings. The molecule has 1 unspecified atom stereocenters. The Labute approximate surface area is 152 Å². The molecule has 3 N–H and O–H groups in total. The van der Waals surface area contributed by atoms with Crippen molar-refractivity contribution in [2.75, 3.05) is 17.3 Å². The van der Waals surface area contributed by atoms with Crippen LogP contribution < -0.4 is 11.1 Å². The number of hydrogen-bond donors (Lipinski definition) is 2. The van der Waals surface area contributed by atoms with Gasteiger partial charge in [-0.2, -0.15) is 0 Å². The molecule has 0 saturated heterocycles. The van der Waals surface area contributed by atoms with Crippen molar-refractivity contribution < 1.29 is 9.00 Å². The van der Waals surface area contributed by atoms with Crippen LogP contribution >= 0.6 is 11.3 Å². The molecule has 0 saturated carbocycles. The lowest BCUT2D eigenvalue weighted by molar-refractivity contribution is -0.114. The van der Waals surface area contributed by atoms with Crippen molar-refractivity contribution in [1.82, 2.24) is 4.98 Å². The Balaban J connectivity index is 2.00. The molecule has 2 aromatic carbocycles. The fraction of sp³-hybridized carbons (Fsp3) is 0.111. The second-order valence-electron chi connectivity index (χ2n) is 5.50. The number of aromatic nitrogens is 1. The maximum atomic E-state index is 12.2. The lowest BCUT2D eigenvalue weighted by atomic mass is 10.2. The van der Waals surface area contributed by atoms with Gasteiger partial charge in [0, 0.05) is 46.8 Å². The van der Waals surface area contributed by atoms with Gasteiger partial charge in [-0.1, -0.05) is 6.07 Å². The van der Waals surface area contributed by atoms with E-state index in [1.165, 1.54) is 18.3 Å². The highest BCUT2D eigenvalue weighted by molar-refractivity contribution is 7.84. The summed E-state index contributed by atoms with van der Waals surface area (Å²) in [7, 11) is -1.19. The third-order valence-electron chi connectivity index (χ3n) is 3.54. The van der Waals surface area contributed by atoms with Crippen LogP contribution in [0.1, 0.15) is 6.92 Å². The van der Waals surface area contributed by atoms with Crippen molar-refractivity contribution in [3.8, 4) is 21.0 Å². The lowest BCUT2D eigenvalue weighted by Gasteiger charge is -2.08. The zero-order valence-electron chi connectivity index (χ0n) is 13.8. The largest absolute Gasteiger partial charge is 0.399 e. The SMILES string of the molecule is CC(=O)Nc1ccc(-c2cnc(-c3ccc(N)cc3)s2)c(S(C)=O)c1. The van der Waals surface area contributed by atoms with Gasteiger partial charge in [0.15, 0.2) is 0 Å². The van der Waals surface area contributed by atoms with Crippen LogP contribution in [0.15, 0.2) is 53.6 Å². The first-order chi connectivity index (χ1) is 11.9. The van der Waals surface area contributed by atoms with Gasteiger partial charge in [-0.05, 0) is 36.4 Å². The van der Waals surface area contributed by atoms with Crippen LogP contribution in [0.5, 0.6) is 0 Å². The monoisotopic (exact) mass is 371 g/mol. The molecule has 25 heavy (non-hydrogen) atoms. The highest BCUT2D eigenvalue weighted by Gasteiger charge is 2.14. The van der Waals surface area contributed by atoms with Gasteiger partial charge in [0.2, 0.25) is 5.91 Å². The number of nitrogens with two attached hydrogens (primary N) is 1. The molecule has 0 fully saturated rings. The van der Waals surface area contributed by atoms with E-state index in [2.05, 4.69) is 10.3 Å². The van der Waals surface area contributed by atoms with Crippen molar-refractivity contribution in [3.63, 3.8) is 0 Å². The summed E-state index contributed by atoms with van der Waals surface area (Å²) in [5.74, 6) is -0.163. The van der Waals surface area contributed by atoms with Crippen LogP contribution in [0.4, 0.5) is 11.4 Å². The minimum Gasteiger partial charge on any atom is -0.399 e. The molecule has 1 atom stereocenters. The molecule has 0 bridgehead atoms. The van der Waals surface area contributed by atoms with Gasteiger partial charge in [-0.25, -0.2) is 4.98 Å². The molecule has 0 radical (unpaired) electrons. The molecule has 7 heteroatoms. The molecule has 0 spiro atoms. The Morgan fingerprint density at radius 1 is 1.20 bits per heavy atom. The van der Waals surface area contributed by atoms with E-state index in [0.717, 1.165) is 21.0 Å². The van der Waals surface area contributed by atoms with Crippen LogP contribution in [0.2, 0.25) is 0 Å². The molecule has 0 aliphatic carbocycles. The maximum absolute atomic E-state index is 12.2. The molecule has 0 aliphatic heterocycles. The summed E-state index contributed by atoms with van der Waals surface area (Å²) in [6, 6.07) is 12.9. The van der Waals surface area contributed by atoms with E-state index in [0.29, 0.717) is 16.3 Å². The Hall–Kier alpha value is -2.51. The van der Waals surface area contributed by atoms with Crippen molar-refractivity contribution in [2.45, 2.75) is 11.8 Å². The van der Waals surface area contributed by atoms with Gasteiger partial charge in [0.1, 0.15) is 5.01 Å². The zero-order valence-corrected chi connectivity index (χ0v) is 15.4. The molecule has 1 heterocycles. The molecule has 1 aromatic heterocycles. The summed E-state index contributed by atoms with van der Waals surface area (Å²) in [5, 5.41) is 3.59. The fourth-order valence-electron chi connectivity index (χ4n) is 2.40. The first-order valence-corrected chi connectivity index (χ1v) is 9.88. The Bertz CT molecular complexity index is 949. The number of carbonyl (C=O) groups is 1. The summed E-state index contributed by atoms with van der Waals surface area (Å²) in [6.45, 7) is 1.44. The lowest BCUT2D eigenvalue weighted by Crippen LogP contribution is -2.06. The minimum absolute atomic E-state index is 0.163. The maximum Gasteiger partial charge on any atom is 0.221 e. The zero-order chi connectivity index (χ0) is 18.0. The highest BCUT2D eigenvalue weighted by atomic mass is 32.2. The number of rotatable bonds is 4. The van der Waals surface area contributed by atoms with Crippen molar-refractivity contribution in [1.29, 1.82) is 0 Å². The smallest absolute Gasteiger partial charge is 0.221 e. The van der Waals surface area contributed by atoms with Gasteiger partial charge in [0.05, 0.1) is 15.7 Å². The first-order valence-electron chi connectivity index (χ1n) is 7.51. The minimum atomic E-state index is -1.19. The Kier molecular flexibility index (Phi) is 4.96. The predicted octanol–water partition coefficient (Wildman–Crippen LogP) is 3.76. The molecular weight excluding hydrogens is 354 g/mol. The van der Waals surface area contributed by atoms with E-state index >= 15 is 0 Å². The normalized spacial score (nSPS) is 11.9. The quantitative estimate of drug-likeness (QED) is 0.684. The number of nitrogen functional groups attached to an aromatic ring is 1. The summed E-state index contributed by atoms with van der Waals surface area (Å²) in [6.07, 6.45) is 3.40. The molecular formula is C18H17N3O2S2. The van der Waals surface area contributed by atoms with Gasteiger partial charge >= 0.3 is 0 Å². The summed E-state index contributed by atoms with van der Waals surface area (Å²) < 4.78 is 12.2. The van der Waals surface area contributed by atoms with E-state index in [-0.39, 0.29) is 5.91 Å². The average Bonchev–Trinajstić information content (AvgIpc) is 3.04. The van der Waals surface area contributed by atoms with E-state index in [1.54, 1.807) is 24.6 Å². The van der Waals surface area contributed by atoms with Crippen molar-refractivity contribution in [2.24, 2.45) is 0 Å². The molecule has 1 amide bonds. The summed E-state index contributed by atoms with van der Waals surface area (Å²) in [5.41, 5.74) is 8.90. The molecule has 3 aromatic rings. The van der Waals surface area contributed by atoms with E-state index in [1.807, 2.05) is 30.3 Å². The highest BCUT2D eigenvalue weighted by Crippen LogP contribution is 2.36. The Morgan fingerprint density at radius 2 is 1.92 bits per heavy atom. The number of amides is 1. The first kappa shape index (κ1) is 17.3. The molecule has 5 nitrogen and oxygen atoms in total.